The van der Waals surface area contributed by atoms with Crippen molar-refractivity contribution < 1.29 is 0 Å². The summed E-state index contributed by atoms with van der Waals surface area (Å²) in [6.45, 7) is 3.04. The molecule has 0 fully saturated rings. The number of hydrogen-bond donors (Lipinski definition) is 1. The molecule has 3 rings (SSSR count). The monoisotopic (exact) mass is 241 g/mol. The first kappa shape index (κ1) is 11.5. The number of imidazole rings is 1. The van der Waals surface area contributed by atoms with Gasteiger partial charge in [-0.15, -0.1) is 0 Å². The van der Waals surface area contributed by atoms with Crippen LogP contribution in [0.3, 0.4) is 0 Å². The van der Waals surface area contributed by atoms with Gasteiger partial charge in [-0.25, -0.2) is 4.98 Å². The van der Waals surface area contributed by atoms with E-state index in [1.807, 2.05) is 6.20 Å². The van der Waals surface area contributed by atoms with Crippen LogP contribution in [0.15, 0.2) is 30.5 Å². The largest absolute Gasteiger partial charge is 0.330 e. The summed E-state index contributed by atoms with van der Waals surface area (Å²) in [6, 6.07) is 8.90. The number of rotatable bonds is 2. The molecule has 2 heterocycles. The Morgan fingerprint density at radius 2 is 2.33 bits per heavy atom. The second kappa shape index (κ2) is 4.58. The van der Waals surface area contributed by atoms with E-state index in [-0.39, 0.29) is 6.04 Å². The van der Waals surface area contributed by atoms with Crippen LogP contribution >= 0.6 is 0 Å². The van der Waals surface area contributed by atoms with Gasteiger partial charge in [0.1, 0.15) is 5.82 Å². The molecular formula is C15H19N3. The van der Waals surface area contributed by atoms with E-state index >= 15 is 0 Å². The Morgan fingerprint density at radius 1 is 1.44 bits per heavy atom. The third kappa shape index (κ3) is 2.18. The zero-order valence-electron chi connectivity index (χ0n) is 10.8. The van der Waals surface area contributed by atoms with Crippen LogP contribution in [0.5, 0.6) is 0 Å². The number of benzene rings is 1. The smallest absolute Gasteiger partial charge is 0.113 e. The minimum Gasteiger partial charge on any atom is -0.330 e. The molecule has 0 bridgehead atoms. The summed E-state index contributed by atoms with van der Waals surface area (Å²) in [7, 11) is 0. The van der Waals surface area contributed by atoms with Gasteiger partial charge in [0.25, 0.3) is 0 Å². The first-order valence-corrected chi connectivity index (χ1v) is 6.57. The van der Waals surface area contributed by atoms with Crippen LogP contribution < -0.4 is 5.73 Å². The molecule has 3 heteroatoms. The van der Waals surface area contributed by atoms with E-state index in [2.05, 4.69) is 40.7 Å². The van der Waals surface area contributed by atoms with Crippen molar-refractivity contribution in [3.8, 4) is 0 Å². The summed E-state index contributed by atoms with van der Waals surface area (Å²) in [5, 5.41) is 0. The van der Waals surface area contributed by atoms with E-state index in [0.717, 1.165) is 31.6 Å². The third-order valence-electron chi connectivity index (χ3n) is 3.65. The Balaban J connectivity index is 1.87. The first-order valence-electron chi connectivity index (χ1n) is 6.57. The van der Waals surface area contributed by atoms with Gasteiger partial charge in [-0.05, 0) is 25.3 Å². The van der Waals surface area contributed by atoms with Crippen molar-refractivity contribution in [1.29, 1.82) is 0 Å². The SMILES string of the molecule is Cc1cccc(Cc2ncc3n2CC(N)CC3)c1. The van der Waals surface area contributed by atoms with Crippen molar-refractivity contribution in [2.24, 2.45) is 5.73 Å². The maximum absolute atomic E-state index is 6.05. The molecule has 1 unspecified atom stereocenters. The summed E-state index contributed by atoms with van der Waals surface area (Å²) in [5.41, 5.74) is 10.0. The molecule has 0 saturated carbocycles. The van der Waals surface area contributed by atoms with Crippen LogP contribution in [0, 0.1) is 6.92 Å². The maximum atomic E-state index is 6.05. The van der Waals surface area contributed by atoms with Crippen LogP contribution in [-0.2, 0) is 19.4 Å². The summed E-state index contributed by atoms with van der Waals surface area (Å²) in [6.07, 6.45) is 5.04. The van der Waals surface area contributed by atoms with Crippen molar-refractivity contribution in [2.75, 3.05) is 0 Å². The van der Waals surface area contributed by atoms with Crippen molar-refractivity contribution in [1.82, 2.24) is 9.55 Å². The molecule has 18 heavy (non-hydrogen) atoms. The molecule has 0 spiro atoms. The van der Waals surface area contributed by atoms with E-state index in [1.165, 1.54) is 16.8 Å². The van der Waals surface area contributed by atoms with Crippen molar-refractivity contribution in [3.05, 3.63) is 53.1 Å². The second-order valence-corrected chi connectivity index (χ2v) is 5.24. The first-order chi connectivity index (χ1) is 8.72. The lowest BCUT2D eigenvalue weighted by atomic mass is 10.1. The van der Waals surface area contributed by atoms with Gasteiger partial charge >= 0.3 is 0 Å². The van der Waals surface area contributed by atoms with Gasteiger partial charge in [0.15, 0.2) is 0 Å². The average molecular weight is 241 g/mol. The van der Waals surface area contributed by atoms with Gasteiger partial charge in [-0.1, -0.05) is 29.8 Å². The highest BCUT2D eigenvalue weighted by Gasteiger charge is 2.18. The topological polar surface area (TPSA) is 43.8 Å². The minimum absolute atomic E-state index is 0.281. The van der Waals surface area contributed by atoms with Gasteiger partial charge in [-0.2, -0.15) is 0 Å². The van der Waals surface area contributed by atoms with E-state index in [4.69, 9.17) is 5.73 Å². The molecule has 2 N–H and O–H groups in total. The summed E-state index contributed by atoms with van der Waals surface area (Å²) in [4.78, 5) is 4.56. The minimum atomic E-state index is 0.281. The summed E-state index contributed by atoms with van der Waals surface area (Å²) >= 11 is 0. The molecule has 1 aliphatic heterocycles. The van der Waals surface area contributed by atoms with Gasteiger partial charge in [0, 0.05) is 30.9 Å². The Morgan fingerprint density at radius 3 is 3.17 bits per heavy atom. The molecule has 1 aliphatic rings. The Labute approximate surface area is 108 Å². The van der Waals surface area contributed by atoms with Gasteiger partial charge < -0.3 is 10.3 Å². The highest BCUT2D eigenvalue weighted by Crippen LogP contribution is 2.18. The van der Waals surface area contributed by atoms with Crippen LogP contribution in [0.25, 0.3) is 0 Å². The predicted octanol–water partition coefficient (Wildman–Crippen LogP) is 2.06. The van der Waals surface area contributed by atoms with E-state index in [9.17, 15) is 0 Å². The second-order valence-electron chi connectivity index (χ2n) is 5.24. The van der Waals surface area contributed by atoms with Gasteiger partial charge in [0.2, 0.25) is 0 Å². The van der Waals surface area contributed by atoms with E-state index < -0.39 is 0 Å². The van der Waals surface area contributed by atoms with E-state index in [1.54, 1.807) is 0 Å². The number of hydrogen-bond acceptors (Lipinski definition) is 2. The van der Waals surface area contributed by atoms with Crippen LogP contribution in [0.4, 0.5) is 0 Å². The quantitative estimate of drug-likeness (QED) is 0.874. The van der Waals surface area contributed by atoms with E-state index in [0.29, 0.717) is 0 Å². The lowest BCUT2D eigenvalue weighted by molar-refractivity contribution is 0.451. The third-order valence-corrected chi connectivity index (χ3v) is 3.65. The summed E-state index contributed by atoms with van der Waals surface area (Å²) < 4.78 is 2.30. The predicted molar refractivity (Wildman–Crippen MR) is 72.5 cm³/mol. The van der Waals surface area contributed by atoms with Crippen LogP contribution in [-0.4, -0.2) is 15.6 Å². The molecule has 1 aromatic heterocycles. The highest BCUT2D eigenvalue weighted by molar-refractivity contribution is 5.26. The molecular weight excluding hydrogens is 222 g/mol. The van der Waals surface area contributed by atoms with Crippen LogP contribution in [0.2, 0.25) is 0 Å². The lowest BCUT2D eigenvalue weighted by Crippen LogP contribution is -2.32. The zero-order chi connectivity index (χ0) is 12.5. The molecule has 1 atom stereocenters. The molecule has 94 valence electrons. The van der Waals surface area contributed by atoms with Gasteiger partial charge in [-0.3, -0.25) is 0 Å². The molecule has 0 radical (unpaired) electrons. The number of fused-ring (bicyclic) bond motifs is 1. The Hall–Kier alpha value is -1.61. The molecule has 2 aromatic rings. The maximum Gasteiger partial charge on any atom is 0.113 e. The lowest BCUT2D eigenvalue weighted by Gasteiger charge is -2.22. The average Bonchev–Trinajstić information content (AvgIpc) is 2.72. The molecule has 0 saturated heterocycles. The zero-order valence-corrected chi connectivity index (χ0v) is 10.8. The standard InChI is InChI=1S/C15H19N3/c1-11-3-2-4-12(7-11)8-15-17-9-14-6-5-13(16)10-18(14)15/h2-4,7,9,13H,5-6,8,10,16H2,1H3. The fraction of sp³-hybridized carbons (Fsp3) is 0.400. The molecule has 0 aliphatic carbocycles. The highest BCUT2D eigenvalue weighted by atomic mass is 15.1. The molecule has 0 amide bonds. The van der Waals surface area contributed by atoms with Crippen LogP contribution in [0.1, 0.15) is 29.1 Å². The van der Waals surface area contributed by atoms with Crippen molar-refractivity contribution in [3.63, 3.8) is 0 Å². The Kier molecular flexibility index (Phi) is 2.92. The van der Waals surface area contributed by atoms with Gasteiger partial charge in [0.05, 0.1) is 0 Å². The molecule has 1 aromatic carbocycles. The fourth-order valence-electron chi connectivity index (χ4n) is 2.68. The molecule has 3 nitrogen and oxygen atoms in total. The van der Waals surface area contributed by atoms with Crippen molar-refractivity contribution in [2.45, 2.75) is 38.8 Å². The normalized spacial score (nSPS) is 18.7. The summed E-state index contributed by atoms with van der Waals surface area (Å²) in [5.74, 6) is 1.14. The number of aromatic nitrogens is 2. The number of aryl methyl sites for hydroxylation is 2. The number of nitrogens with two attached hydrogens (primary N) is 1. The number of nitrogens with zero attached hydrogens (tertiary/aromatic N) is 2. The van der Waals surface area contributed by atoms with Crippen molar-refractivity contribution >= 4 is 0 Å². The Bertz CT molecular complexity index is 557. The fourth-order valence-corrected chi connectivity index (χ4v) is 2.68.